The number of carboxylic acid groups (broad SMARTS) is 1. The molecule has 0 saturated carbocycles. The second kappa shape index (κ2) is 4.21. The predicted molar refractivity (Wildman–Crippen MR) is 57.6 cm³/mol. The molecular formula is C12H7F3O3. The second-order valence-corrected chi connectivity index (χ2v) is 3.51. The summed E-state index contributed by atoms with van der Waals surface area (Å²) in [6.07, 6.45) is -4.81. The van der Waals surface area contributed by atoms with E-state index < -0.39 is 18.1 Å². The molecule has 2 aromatic carbocycles. The van der Waals surface area contributed by atoms with Crippen LogP contribution in [0.25, 0.3) is 10.8 Å². The summed E-state index contributed by atoms with van der Waals surface area (Å²) in [6.45, 7) is 0. The van der Waals surface area contributed by atoms with Crippen LogP contribution in [-0.2, 0) is 0 Å². The van der Waals surface area contributed by atoms with E-state index in [1.54, 1.807) is 6.07 Å². The molecule has 0 fully saturated rings. The lowest BCUT2D eigenvalue weighted by Gasteiger charge is -2.12. The van der Waals surface area contributed by atoms with Gasteiger partial charge in [-0.05, 0) is 17.5 Å². The Kier molecular flexibility index (Phi) is 2.86. The maximum absolute atomic E-state index is 12.2. The molecule has 0 atom stereocenters. The third-order valence-electron chi connectivity index (χ3n) is 2.34. The van der Waals surface area contributed by atoms with Gasteiger partial charge in [0.15, 0.2) is 0 Å². The molecular weight excluding hydrogens is 249 g/mol. The molecule has 0 bridgehead atoms. The van der Waals surface area contributed by atoms with Crippen LogP contribution in [0.3, 0.4) is 0 Å². The van der Waals surface area contributed by atoms with Crippen LogP contribution >= 0.6 is 0 Å². The first-order valence-electron chi connectivity index (χ1n) is 4.89. The lowest BCUT2D eigenvalue weighted by Crippen LogP contribution is -2.17. The number of alkyl halides is 3. The molecule has 1 N–H and O–H groups in total. The van der Waals surface area contributed by atoms with E-state index in [1.165, 1.54) is 18.2 Å². The summed E-state index contributed by atoms with van der Waals surface area (Å²) in [7, 11) is 0. The minimum absolute atomic E-state index is 0.0693. The SMILES string of the molecule is O=C(O)c1ccc(OC(F)(F)F)c2ccccc12. The van der Waals surface area contributed by atoms with Crippen LogP contribution in [0.4, 0.5) is 13.2 Å². The van der Waals surface area contributed by atoms with Gasteiger partial charge in [-0.2, -0.15) is 0 Å². The fourth-order valence-corrected chi connectivity index (χ4v) is 1.67. The monoisotopic (exact) mass is 256 g/mol. The number of ether oxygens (including phenoxy) is 1. The van der Waals surface area contributed by atoms with E-state index in [1.807, 2.05) is 0 Å². The van der Waals surface area contributed by atoms with Gasteiger partial charge in [0, 0.05) is 5.39 Å². The van der Waals surface area contributed by atoms with Crippen LogP contribution in [0, 0.1) is 0 Å². The molecule has 0 radical (unpaired) electrons. The molecule has 2 aromatic rings. The highest BCUT2D eigenvalue weighted by molar-refractivity contribution is 6.05. The third-order valence-corrected chi connectivity index (χ3v) is 2.34. The van der Waals surface area contributed by atoms with Gasteiger partial charge in [0.25, 0.3) is 0 Å². The van der Waals surface area contributed by atoms with Crippen molar-refractivity contribution in [3.63, 3.8) is 0 Å². The smallest absolute Gasteiger partial charge is 0.478 e. The van der Waals surface area contributed by atoms with Crippen molar-refractivity contribution in [2.75, 3.05) is 0 Å². The Bertz CT molecular complexity index is 605. The maximum atomic E-state index is 12.2. The fraction of sp³-hybridized carbons (Fsp3) is 0.0833. The van der Waals surface area contributed by atoms with Crippen LogP contribution < -0.4 is 4.74 Å². The molecule has 0 aliphatic carbocycles. The van der Waals surface area contributed by atoms with Crippen molar-refractivity contribution in [3.8, 4) is 5.75 Å². The van der Waals surface area contributed by atoms with Crippen molar-refractivity contribution >= 4 is 16.7 Å². The largest absolute Gasteiger partial charge is 0.573 e. The van der Waals surface area contributed by atoms with Gasteiger partial charge < -0.3 is 9.84 Å². The fourth-order valence-electron chi connectivity index (χ4n) is 1.67. The van der Waals surface area contributed by atoms with Crippen molar-refractivity contribution in [2.45, 2.75) is 6.36 Å². The Morgan fingerprint density at radius 3 is 2.22 bits per heavy atom. The molecule has 0 aliphatic heterocycles. The number of fused-ring (bicyclic) bond motifs is 1. The predicted octanol–water partition coefficient (Wildman–Crippen LogP) is 3.44. The van der Waals surface area contributed by atoms with Gasteiger partial charge in [0.2, 0.25) is 0 Å². The lowest BCUT2D eigenvalue weighted by molar-refractivity contribution is -0.274. The Labute approximate surface area is 99.4 Å². The van der Waals surface area contributed by atoms with Gasteiger partial charge in [-0.15, -0.1) is 13.2 Å². The topological polar surface area (TPSA) is 46.5 Å². The molecule has 0 heterocycles. The normalized spacial score (nSPS) is 11.5. The quantitative estimate of drug-likeness (QED) is 0.895. The highest BCUT2D eigenvalue weighted by Crippen LogP contribution is 2.32. The van der Waals surface area contributed by atoms with E-state index in [0.717, 1.165) is 12.1 Å². The zero-order valence-corrected chi connectivity index (χ0v) is 8.86. The molecule has 0 unspecified atom stereocenters. The van der Waals surface area contributed by atoms with Gasteiger partial charge in [0.05, 0.1) is 5.56 Å². The number of carboxylic acids is 1. The molecule has 18 heavy (non-hydrogen) atoms. The van der Waals surface area contributed by atoms with Crippen molar-refractivity contribution in [3.05, 3.63) is 42.0 Å². The van der Waals surface area contributed by atoms with E-state index in [-0.39, 0.29) is 16.3 Å². The van der Waals surface area contributed by atoms with Gasteiger partial charge in [-0.25, -0.2) is 4.79 Å². The van der Waals surface area contributed by atoms with Gasteiger partial charge in [-0.3, -0.25) is 0 Å². The van der Waals surface area contributed by atoms with Crippen molar-refractivity contribution in [1.29, 1.82) is 0 Å². The number of rotatable bonds is 2. The Morgan fingerprint density at radius 1 is 1.06 bits per heavy atom. The van der Waals surface area contributed by atoms with Gasteiger partial charge in [-0.1, -0.05) is 24.3 Å². The Morgan fingerprint density at radius 2 is 1.67 bits per heavy atom. The third kappa shape index (κ3) is 2.37. The van der Waals surface area contributed by atoms with Crippen molar-refractivity contribution in [2.24, 2.45) is 0 Å². The standard InChI is InChI=1S/C12H7F3O3/c13-12(14,15)18-10-6-5-9(11(16)17)7-3-1-2-4-8(7)10/h1-6H,(H,16,17). The molecule has 94 valence electrons. The van der Waals surface area contributed by atoms with Gasteiger partial charge >= 0.3 is 12.3 Å². The molecule has 6 heteroatoms. The second-order valence-electron chi connectivity index (χ2n) is 3.51. The number of carbonyl (C=O) groups is 1. The first kappa shape index (κ1) is 12.2. The molecule has 0 saturated heterocycles. The van der Waals surface area contributed by atoms with Gasteiger partial charge in [0.1, 0.15) is 5.75 Å². The summed E-state index contributed by atoms with van der Waals surface area (Å²) in [5.41, 5.74) is -0.0693. The Balaban J connectivity index is 2.65. The first-order chi connectivity index (χ1) is 8.38. The lowest BCUT2D eigenvalue weighted by atomic mass is 10.0. The van der Waals surface area contributed by atoms with Crippen LogP contribution in [0.15, 0.2) is 36.4 Å². The average Bonchev–Trinajstić information content (AvgIpc) is 2.27. The molecule has 0 spiro atoms. The minimum atomic E-state index is -4.81. The number of aromatic carboxylic acids is 1. The number of halogens is 3. The summed E-state index contributed by atoms with van der Waals surface area (Å²) in [6, 6.07) is 7.96. The molecule has 2 rings (SSSR count). The summed E-state index contributed by atoms with van der Waals surface area (Å²) >= 11 is 0. The maximum Gasteiger partial charge on any atom is 0.573 e. The number of hydrogen-bond acceptors (Lipinski definition) is 2. The van der Waals surface area contributed by atoms with Crippen molar-refractivity contribution < 1.29 is 27.8 Å². The highest BCUT2D eigenvalue weighted by atomic mass is 19.4. The van der Waals surface area contributed by atoms with E-state index in [4.69, 9.17) is 5.11 Å². The summed E-state index contributed by atoms with van der Waals surface area (Å²) in [5, 5.41) is 9.25. The number of benzene rings is 2. The summed E-state index contributed by atoms with van der Waals surface area (Å²) in [4.78, 5) is 10.9. The minimum Gasteiger partial charge on any atom is -0.478 e. The van der Waals surface area contributed by atoms with E-state index in [2.05, 4.69) is 4.74 Å². The zero-order chi connectivity index (χ0) is 13.3. The molecule has 3 nitrogen and oxygen atoms in total. The summed E-state index contributed by atoms with van der Waals surface area (Å²) in [5.74, 6) is -1.62. The van der Waals surface area contributed by atoms with E-state index in [9.17, 15) is 18.0 Å². The summed E-state index contributed by atoms with van der Waals surface area (Å²) < 4.78 is 40.4. The molecule has 0 aliphatic rings. The molecule has 0 amide bonds. The highest BCUT2D eigenvalue weighted by Gasteiger charge is 2.32. The number of hydrogen-bond donors (Lipinski definition) is 1. The van der Waals surface area contributed by atoms with Crippen LogP contribution in [0.1, 0.15) is 10.4 Å². The average molecular weight is 256 g/mol. The Hall–Kier alpha value is -2.24. The van der Waals surface area contributed by atoms with Crippen molar-refractivity contribution in [1.82, 2.24) is 0 Å². The van der Waals surface area contributed by atoms with E-state index in [0.29, 0.717) is 0 Å². The van der Waals surface area contributed by atoms with Crippen LogP contribution in [0.2, 0.25) is 0 Å². The first-order valence-corrected chi connectivity index (χ1v) is 4.89. The zero-order valence-electron chi connectivity index (χ0n) is 8.86. The van der Waals surface area contributed by atoms with Crippen LogP contribution in [-0.4, -0.2) is 17.4 Å². The van der Waals surface area contributed by atoms with E-state index >= 15 is 0 Å². The molecule has 0 aromatic heterocycles. The van der Waals surface area contributed by atoms with Crippen LogP contribution in [0.5, 0.6) is 5.75 Å².